The highest BCUT2D eigenvalue weighted by molar-refractivity contribution is 5.82. The van der Waals surface area contributed by atoms with E-state index in [1.165, 1.54) is 12.0 Å². The second-order valence-electron chi connectivity index (χ2n) is 11.4. The summed E-state index contributed by atoms with van der Waals surface area (Å²) in [6, 6.07) is -1.65. The van der Waals surface area contributed by atoms with Gasteiger partial charge in [0.2, 0.25) is 0 Å². The third-order valence-electron chi connectivity index (χ3n) is 5.06. The summed E-state index contributed by atoms with van der Waals surface area (Å²) in [5.41, 5.74) is -1.73. The van der Waals surface area contributed by atoms with Crippen LogP contribution in [0.25, 0.3) is 0 Å². The molecule has 0 aromatic heterocycles. The number of hydrogen-bond donors (Lipinski definition) is 1. The average Bonchev–Trinajstić information content (AvgIpc) is 2.86. The summed E-state index contributed by atoms with van der Waals surface area (Å²) in [4.78, 5) is 39.7. The summed E-state index contributed by atoms with van der Waals surface area (Å²) in [5, 5.41) is 3.30. The molecule has 1 rings (SSSR count). The normalized spacial score (nSPS) is 23.3. The van der Waals surface area contributed by atoms with Gasteiger partial charge in [0, 0.05) is 6.54 Å². The highest BCUT2D eigenvalue weighted by atomic mass is 16.6. The number of carbonyl (C=O) groups excluding carboxylic acids is 3. The molecule has 0 unspecified atom stereocenters. The van der Waals surface area contributed by atoms with Crippen molar-refractivity contribution < 1.29 is 28.6 Å². The summed E-state index contributed by atoms with van der Waals surface area (Å²) >= 11 is 0. The van der Waals surface area contributed by atoms with Crippen LogP contribution in [-0.2, 0) is 23.8 Å². The molecule has 180 valence electrons. The maximum absolute atomic E-state index is 13.0. The van der Waals surface area contributed by atoms with Crippen molar-refractivity contribution in [2.75, 3.05) is 13.7 Å². The van der Waals surface area contributed by atoms with Gasteiger partial charge in [-0.1, -0.05) is 27.7 Å². The van der Waals surface area contributed by atoms with Crippen LogP contribution in [0, 0.1) is 11.3 Å². The molecule has 1 heterocycles. The molecule has 1 aliphatic rings. The first kappa shape index (κ1) is 27.2. The smallest absolute Gasteiger partial charge is 0.411 e. The Balaban J connectivity index is 3.12. The number of likely N-dealkylation sites (tertiary alicyclic amines) is 1. The third-order valence-corrected chi connectivity index (χ3v) is 5.06. The summed E-state index contributed by atoms with van der Waals surface area (Å²) < 4.78 is 16.1. The van der Waals surface area contributed by atoms with E-state index in [2.05, 4.69) is 5.32 Å². The van der Waals surface area contributed by atoms with E-state index in [0.717, 1.165) is 0 Å². The maximum Gasteiger partial charge on any atom is 0.411 e. The lowest BCUT2D eigenvalue weighted by atomic mass is 9.86. The van der Waals surface area contributed by atoms with Crippen LogP contribution >= 0.6 is 0 Å². The zero-order valence-electron chi connectivity index (χ0n) is 21.1. The fourth-order valence-electron chi connectivity index (χ4n) is 3.69. The van der Waals surface area contributed by atoms with Crippen molar-refractivity contribution in [2.24, 2.45) is 11.3 Å². The molecule has 1 amide bonds. The molecule has 4 atom stereocenters. The molecule has 8 heteroatoms. The van der Waals surface area contributed by atoms with Gasteiger partial charge in [0.1, 0.15) is 23.3 Å². The van der Waals surface area contributed by atoms with E-state index < -0.39 is 40.8 Å². The zero-order valence-corrected chi connectivity index (χ0v) is 21.1. The number of ether oxygens (including phenoxy) is 3. The molecule has 0 spiro atoms. The summed E-state index contributed by atoms with van der Waals surface area (Å²) in [7, 11) is 1.31. The van der Waals surface area contributed by atoms with E-state index in [0.29, 0.717) is 13.0 Å². The largest absolute Gasteiger partial charge is 0.467 e. The van der Waals surface area contributed by atoms with E-state index in [-0.39, 0.29) is 17.9 Å². The first-order chi connectivity index (χ1) is 13.9. The minimum absolute atomic E-state index is 0.00312. The Labute approximate surface area is 187 Å². The van der Waals surface area contributed by atoms with Crippen LogP contribution in [-0.4, -0.2) is 65.9 Å². The molecule has 1 saturated heterocycles. The Bertz CT molecular complexity index is 656. The van der Waals surface area contributed by atoms with Crippen LogP contribution in [0.5, 0.6) is 0 Å². The standard InChI is InChI=1S/C23H42N2O6/c1-14-12-15(18(26)29-11)25(20(28)31-23(8,9)10)16(14)13-24-17(21(2,3)4)19(27)30-22(5,6)7/h14-17,24H,12-13H2,1-11H3/t14-,15-,16-,17+/m1/s1. The van der Waals surface area contributed by atoms with Crippen molar-refractivity contribution in [1.82, 2.24) is 10.2 Å². The average molecular weight is 443 g/mol. The third kappa shape index (κ3) is 7.98. The van der Waals surface area contributed by atoms with Crippen molar-refractivity contribution in [1.29, 1.82) is 0 Å². The maximum atomic E-state index is 13.0. The van der Waals surface area contributed by atoms with Crippen molar-refractivity contribution >= 4 is 18.0 Å². The van der Waals surface area contributed by atoms with Crippen molar-refractivity contribution in [2.45, 2.75) is 105 Å². The number of hydrogen-bond acceptors (Lipinski definition) is 7. The Morgan fingerprint density at radius 3 is 1.90 bits per heavy atom. The molecule has 0 aliphatic carbocycles. The number of esters is 2. The summed E-state index contributed by atoms with van der Waals surface area (Å²) in [6.45, 7) is 19.0. The van der Waals surface area contributed by atoms with Gasteiger partial charge in [-0.25, -0.2) is 9.59 Å². The molecule has 0 aromatic carbocycles. The number of nitrogens with one attached hydrogen (secondary N) is 1. The van der Waals surface area contributed by atoms with Gasteiger partial charge < -0.3 is 19.5 Å². The number of carbonyl (C=O) groups is 3. The molecule has 31 heavy (non-hydrogen) atoms. The Morgan fingerprint density at radius 1 is 0.968 bits per heavy atom. The molecule has 0 radical (unpaired) electrons. The molecule has 0 bridgehead atoms. The van der Waals surface area contributed by atoms with E-state index in [1.807, 2.05) is 48.5 Å². The van der Waals surface area contributed by atoms with Gasteiger partial charge >= 0.3 is 18.0 Å². The Morgan fingerprint density at radius 2 is 1.48 bits per heavy atom. The Hall–Kier alpha value is -1.83. The molecule has 1 N–H and O–H groups in total. The first-order valence-electron chi connectivity index (χ1n) is 10.9. The van der Waals surface area contributed by atoms with Gasteiger partial charge in [-0.15, -0.1) is 0 Å². The lowest BCUT2D eigenvalue weighted by Crippen LogP contribution is -2.55. The lowest BCUT2D eigenvalue weighted by molar-refractivity contribution is -0.160. The monoisotopic (exact) mass is 442 g/mol. The number of nitrogens with zero attached hydrogens (tertiary/aromatic N) is 1. The van der Waals surface area contributed by atoms with Crippen LogP contribution < -0.4 is 5.32 Å². The summed E-state index contributed by atoms with van der Waals surface area (Å²) in [5.74, 6) is -0.818. The lowest BCUT2D eigenvalue weighted by Gasteiger charge is -2.36. The fraction of sp³-hybridized carbons (Fsp3) is 0.870. The predicted octanol–water partition coefficient (Wildman–Crippen LogP) is 3.52. The molecule has 1 aliphatic heterocycles. The highest BCUT2D eigenvalue weighted by Crippen LogP contribution is 2.32. The van der Waals surface area contributed by atoms with Crippen molar-refractivity contribution in [3.63, 3.8) is 0 Å². The second-order valence-corrected chi connectivity index (χ2v) is 11.4. The zero-order chi connectivity index (χ0) is 24.4. The van der Waals surface area contributed by atoms with Crippen LogP contribution in [0.15, 0.2) is 0 Å². The summed E-state index contributed by atoms with van der Waals surface area (Å²) in [6.07, 6.45) is -0.103. The number of amides is 1. The van der Waals surface area contributed by atoms with Crippen molar-refractivity contribution in [3.05, 3.63) is 0 Å². The molecular formula is C23H42N2O6. The van der Waals surface area contributed by atoms with Gasteiger partial charge in [-0.05, 0) is 59.3 Å². The van der Waals surface area contributed by atoms with Gasteiger partial charge in [0.05, 0.1) is 13.2 Å². The van der Waals surface area contributed by atoms with Crippen LogP contribution in [0.4, 0.5) is 4.79 Å². The van der Waals surface area contributed by atoms with Gasteiger partial charge in [-0.3, -0.25) is 9.69 Å². The van der Waals surface area contributed by atoms with E-state index in [4.69, 9.17) is 14.2 Å². The van der Waals surface area contributed by atoms with Gasteiger partial charge in [0.25, 0.3) is 0 Å². The van der Waals surface area contributed by atoms with E-state index in [1.54, 1.807) is 20.8 Å². The van der Waals surface area contributed by atoms with Crippen LogP contribution in [0.3, 0.4) is 0 Å². The van der Waals surface area contributed by atoms with Crippen LogP contribution in [0.1, 0.15) is 75.7 Å². The number of rotatable bonds is 5. The second kappa shape index (κ2) is 9.76. The minimum atomic E-state index is -0.726. The highest BCUT2D eigenvalue weighted by Gasteiger charge is 2.48. The molecule has 0 saturated carbocycles. The topological polar surface area (TPSA) is 94.2 Å². The predicted molar refractivity (Wildman–Crippen MR) is 119 cm³/mol. The molecule has 0 aromatic rings. The Kier molecular flexibility index (Phi) is 8.56. The quantitative estimate of drug-likeness (QED) is 0.514. The SMILES string of the molecule is COC(=O)[C@H]1C[C@@H](C)[C@@H](CN[C@@H](C(=O)OC(C)(C)C)C(C)(C)C)N1C(=O)OC(C)(C)C. The van der Waals surface area contributed by atoms with Gasteiger partial charge in [0.15, 0.2) is 0 Å². The first-order valence-corrected chi connectivity index (χ1v) is 10.9. The van der Waals surface area contributed by atoms with Crippen molar-refractivity contribution in [3.8, 4) is 0 Å². The molecular weight excluding hydrogens is 400 g/mol. The fourth-order valence-corrected chi connectivity index (χ4v) is 3.69. The number of methoxy groups -OCH3 is 1. The minimum Gasteiger partial charge on any atom is -0.467 e. The molecule has 8 nitrogen and oxygen atoms in total. The van der Waals surface area contributed by atoms with E-state index in [9.17, 15) is 14.4 Å². The van der Waals surface area contributed by atoms with E-state index >= 15 is 0 Å². The van der Waals surface area contributed by atoms with Crippen LogP contribution in [0.2, 0.25) is 0 Å². The van der Waals surface area contributed by atoms with Gasteiger partial charge in [-0.2, -0.15) is 0 Å². The molecule has 1 fully saturated rings.